The number of fused-ring (bicyclic) bond motifs is 2. The van der Waals surface area contributed by atoms with E-state index in [9.17, 15) is 9.90 Å². The van der Waals surface area contributed by atoms with Gasteiger partial charge in [0.1, 0.15) is 0 Å². The Labute approximate surface area is 103 Å². The molecule has 0 aliphatic heterocycles. The van der Waals surface area contributed by atoms with Crippen LogP contribution < -0.4 is 5.32 Å². The van der Waals surface area contributed by atoms with Crippen molar-refractivity contribution >= 4 is 5.97 Å². The molecule has 0 aromatic carbocycles. The summed E-state index contributed by atoms with van der Waals surface area (Å²) >= 11 is 0. The monoisotopic (exact) mass is 237 g/mol. The first kappa shape index (κ1) is 11.5. The minimum Gasteiger partial charge on any atom is -0.481 e. The molecule has 3 fully saturated rings. The third-order valence-electron chi connectivity index (χ3n) is 5.32. The van der Waals surface area contributed by atoms with Crippen LogP contribution in [-0.2, 0) is 4.79 Å². The van der Waals surface area contributed by atoms with Crippen LogP contribution in [0.4, 0.5) is 0 Å². The van der Waals surface area contributed by atoms with Gasteiger partial charge in [0.15, 0.2) is 0 Å². The molecule has 3 aliphatic carbocycles. The van der Waals surface area contributed by atoms with Crippen molar-refractivity contribution in [3.8, 4) is 0 Å². The molecular formula is C14H23NO2. The molecule has 2 N–H and O–H groups in total. The number of aliphatic carboxylic acids is 1. The lowest BCUT2D eigenvalue weighted by molar-refractivity contribution is -0.144. The molecule has 0 radical (unpaired) electrons. The van der Waals surface area contributed by atoms with Gasteiger partial charge >= 0.3 is 5.97 Å². The van der Waals surface area contributed by atoms with E-state index >= 15 is 0 Å². The van der Waals surface area contributed by atoms with E-state index in [1.54, 1.807) is 0 Å². The minimum atomic E-state index is -0.569. The average Bonchev–Trinajstić information content (AvgIpc) is 2.93. The summed E-state index contributed by atoms with van der Waals surface area (Å²) in [6.45, 7) is 2.30. The first-order valence-corrected chi connectivity index (χ1v) is 7.14. The van der Waals surface area contributed by atoms with Crippen LogP contribution in [0.5, 0.6) is 0 Å². The first-order chi connectivity index (χ1) is 8.15. The Hall–Kier alpha value is -0.570. The van der Waals surface area contributed by atoms with Crippen molar-refractivity contribution in [3.05, 3.63) is 0 Å². The number of rotatable bonds is 3. The third-order valence-corrected chi connectivity index (χ3v) is 5.32. The van der Waals surface area contributed by atoms with Crippen molar-refractivity contribution in [1.29, 1.82) is 0 Å². The SMILES string of the molecule is CC1CCC(NC2C3CCC(C3)C2C(=O)O)C1. The number of nitrogens with one attached hydrogen (secondary N) is 1. The molecule has 0 aromatic heterocycles. The van der Waals surface area contributed by atoms with Crippen molar-refractivity contribution in [2.75, 3.05) is 0 Å². The number of hydrogen-bond donors (Lipinski definition) is 2. The fourth-order valence-electron chi connectivity index (χ4n) is 4.52. The molecule has 3 aliphatic rings. The van der Waals surface area contributed by atoms with E-state index in [4.69, 9.17) is 0 Å². The Morgan fingerprint density at radius 3 is 2.53 bits per heavy atom. The molecule has 6 atom stereocenters. The van der Waals surface area contributed by atoms with E-state index < -0.39 is 5.97 Å². The van der Waals surface area contributed by atoms with Crippen LogP contribution in [0.2, 0.25) is 0 Å². The molecule has 3 rings (SSSR count). The molecule has 0 heterocycles. The molecular weight excluding hydrogens is 214 g/mol. The van der Waals surface area contributed by atoms with Crippen LogP contribution in [0, 0.1) is 23.7 Å². The van der Waals surface area contributed by atoms with Gasteiger partial charge in [0, 0.05) is 12.1 Å². The van der Waals surface area contributed by atoms with Gasteiger partial charge in [0.25, 0.3) is 0 Å². The van der Waals surface area contributed by atoms with Crippen molar-refractivity contribution in [1.82, 2.24) is 5.32 Å². The Balaban J connectivity index is 1.67. The summed E-state index contributed by atoms with van der Waals surface area (Å²) in [4.78, 5) is 11.4. The predicted molar refractivity (Wildman–Crippen MR) is 65.7 cm³/mol. The molecule has 17 heavy (non-hydrogen) atoms. The van der Waals surface area contributed by atoms with E-state index in [-0.39, 0.29) is 12.0 Å². The molecule has 0 saturated heterocycles. The van der Waals surface area contributed by atoms with E-state index in [1.165, 1.54) is 25.7 Å². The second-order valence-corrected chi connectivity index (χ2v) is 6.50. The molecule has 3 heteroatoms. The van der Waals surface area contributed by atoms with Gasteiger partial charge < -0.3 is 10.4 Å². The van der Waals surface area contributed by atoms with E-state index in [1.807, 2.05) is 0 Å². The summed E-state index contributed by atoms with van der Waals surface area (Å²) in [5.74, 6) is 1.23. The summed E-state index contributed by atoms with van der Waals surface area (Å²) in [6, 6.07) is 0.845. The van der Waals surface area contributed by atoms with Gasteiger partial charge in [-0.3, -0.25) is 4.79 Å². The van der Waals surface area contributed by atoms with E-state index in [0.717, 1.165) is 18.8 Å². The summed E-state index contributed by atoms with van der Waals surface area (Å²) in [5, 5.41) is 13.1. The molecule has 0 aromatic rings. The summed E-state index contributed by atoms with van der Waals surface area (Å²) < 4.78 is 0. The van der Waals surface area contributed by atoms with Gasteiger partial charge in [0.05, 0.1) is 5.92 Å². The van der Waals surface area contributed by atoms with Gasteiger partial charge in [0.2, 0.25) is 0 Å². The Morgan fingerprint density at radius 1 is 1.12 bits per heavy atom. The highest BCUT2D eigenvalue weighted by molar-refractivity contribution is 5.72. The molecule has 0 amide bonds. The zero-order valence-corrected chi connectivity index (χ0v) is 10.6. The van der Waals surface area contributed by atoms with Crippen molar-refractivity contribution in [2.45, 2.75) is 57.5 Å². The van der Waals surface area contributed by atoms with Crippen LogP contribution in [0.25, 0.3) is 0 Å². The molecule has 2 bridgehead atoms. The summed E-state index contributed by atoms with van der Waals surface area (Å²) in [6.07, 6.45) is 7.31. The first-order valence-electron chi connectivity index (χ1n) is 7.14. The van der Waals surface area contributed by atoms with Gasteiger partial charge in [-0.05, 0) is 56.3 Å². The molecule has 3 saturated carbocycles. The molecule has 3 nitrogen and oxygen atoms in total. The Kier molecular flexibility index (Phi) is 2.89. The highest BCUT2D eigenvalue weighted by atomic mass is 16.4. The molecule has 96 valence electrons. The molecule has 0 spiro atoms. The second kappa shape index (κ2) is 4.27. The highest BCUT2D eigenvalue weighted by Gasteiger charge is 2.51. The third kappa shape index (κ3) is 1.99. The van der Waals surface area contributed by atoms with Gasteiger partial charge in [-0.25, -0.2) is 0 Å². The Bertz CT molecular complexity index is 317. The standard InChI is InChI=1S/C14H23NO2/c1-8-2-5-11(6-8)15-13-10-4-3-9(7-10)12(13)14(16)17/h8-13,15H,2-7H2,1H3,(H,16,17). The lowest BCUT2D eigenvalue weighted by Crippen LogP contribution is -2.47. The quantitative estimate of drug-likeness (QED) is 0.791. The fraction of sp³-hybridized carbons (Fsp3) is 0.929. The zero-order valence-electron chi connectivity index (χ0n) is 10.6. The van der Waals surface area contributed by atoms with E-state index in [0.29, 0.717) is 17.9 Å². The minimum absolute atomic E-state index is 0.107. The number of carbonyl (C=O) groups is 1. The van der Waals surface area contributed by atoms with Crippen molar-refractivity contribution in [2.24, 2.45) is 23.7 Å². The van der Waals surface area contributed by atoms with Crippen LogP contribution >= 0.6 is 0 Å². The Morgan fingerprint density at radius 2 is 1.88 bits per heavy atom. The largest absolute Gasteiger partial charge is 0.481 e. The maximum absolute atomic E-state index is 11.4. The predicted octanol–water partition coefficient (Wildman–Crippen LogP) is 2.26. The van der Waals surface area contributed by atoms with Crippen LogP contribution in [0.15, 0.2) is 0 Å². The van der Waals surface area contributed by atoms with Gasteiger partial charge in [-0.2, -0.15) is 0 Å². The summed E-state index contributed by atoms with van der Waals surface area (Å²) in [5.41, 5.74) is 0. The highest BCUT2D eigenvalue weighted by Crippen LogP contribution is 2.49. The lowest BCUT2D eigenvalue weighted by Gasteiger charge is -2.31. The number of hydrogen-bond acceptors (Lipinski definition) is 2. The average molecular weight is 237 g/mol. The van der Waals surface area contributed by atoms with Crippen LogP contribution in [0.3, 0.4) is 0 Å². The lowest BCUT2D eigenvalue weighted by atomic mass is 9.84. The van der Waals surface area contributed by atoms with Crippen molar-refractivity contribution < 1.29 is 9.90 Å². The smallest absolute Gasteiger partial charge is 0.308 e. The fourth-order valence-corrected chi connectivity index (χ4v) is 4.52. The normalized spacial score (nSPS) is 48.8. The second-order valence-electron chi connectivity index (χ2n) is 6.50. The summed E-state index contributed by atoms with van der Waals surface area (Å²) in [7, 11) is 0. The van der Waals surface area contributed by atoms with E-state index in [2.05, 4.69) is 12.2 Å². The van der Waals surface area contributed by atoms with Gasteiger partial charge in [-0.1, -0.05) is 6.92 Å². The molecule has 6 unspecified atom stereocenters. The number of carboxylic acid groups (broad SMARTS) is 1. The zero-order chi connectivity index (χ0) is 12.0. The van der Waals surface area contributed by atoms with Crippen molar-refractivity contribution in [3.63, 3.8) is 0 Å². The van der Waals surface area contributed by atoms with Crippen LogP contribution in [-0.4, -0.2) is 23.2 Å². The van der Waals surface area contributed by atoms with Gasteiger partial charge in [-0.15, -0.1) is 0 Å². The van der Waals surface area contributed by atoms with Crippen LogP contribution in [0.1, 0.15) is 45.4 Å². The topological polar surface area (TPSA) is 49.3 Å². The number of carboxylic acids is 1. The maximum Gasteiger partial charge on any atom is 0.308 e. The maximum atomic E-state index is 11.4.